The summed E-state index contributed by atoms with van der Waals surface area (Å²) in [5.41, 5.74) is 1.16. The quantitative estimate of drug-likeness (QED) is 0.573. The number of rotatable bonds is 4. The average molecular weight is 323 g/mol. The van der Waals surface area contributed by atoms with E-state index in [0.29, 0.717) is 5.15 Å². The van der Waals surface area contributed by atoms with Gasteiger partial charge in [0.1, 0.15) is 10.8 Å². The smallest absolute Gasteiger partial charge is 0.419 e. The fraction of sp³-hybridized carbons (Fsp3) is 0.529. The molecule has 120 valence electrons. The van der Waals surface area contributed by atoms with Gasteiger partial charge >= 0.3 is 6.09 Å². The fourth-order valence-electron chi connectivity index (χ4n) is 2.40. The Labute approximate surface area is 136 Å². The Kier molecular flexibility index (Phi) is 5.12. The van der Waals surface area contributed by atoms with E-state index in [4.69, 9.17) is 16.3 Å². The van der Waals surface area contributed by atoms with E-state index in [1.54, 1.807) is 16.8 Å². The lowest BCUT2D eigenvalue weighted by atomic mass is 10.1. The summed E-state index contributed by atoms with van der Waals surface area (Å²) in [4.78, 5) is 16.7. The molecule has 0 aliphatic rings. The largest absolute Gasteiger partial charge is 0.443 e. The lowest BCUT2D eigenvalue weighted by molar-refractivity contribution is 0.0540. The van der Waals surface area contributed by atoms with Gasteiger partial charge in [-0.1, -0.05) is 31.4 Å². The number of halogens is 1. The predicted octanol–water partition coefficient (Wildman–Crippen LogP) is 5.21. The maximum atomic E-state index is 12.6. The molecule has 0 saturated carbocycles. The van der Waals surface area contributed by atoms with E-state index in [9.17, 15) is 4.79 Å². The molecule has 5 heteroatoms. The highest BCUT2D eigenvalue weighted by molar-refractivity contribution is 6.30. The van der Waals surface area contributed by atoms with Gasteiger partial charge < -0.3 is 4.74 Å². The van der Waals surface area contributed by atoms with E-state index < -0.39 is 5.60 Å². The summed E-state index contributed by atoms with van der Waals surface area (Å²) < 4.78 is 7.17. The summed E-state index contributed by atoms with van der Waals surface area (Å²) in [5, 5.41) is 1.28. The number of fused-ring (bicyclic) bond motifs is 1. The number of aromatic nitrogens is 2. The van der Waals surface area contributed by atoms with Gasteiger partial charge in [-0.15, -0.1) is 0 Å². The van der Waals surface area contributed by atoms with Crippen LogP contribution in [0.2, 0.25) is 5.15 Å². The molecule has 0 atom stereocenters. The van der Waals surface area contributed by atoms with Gasteiger partial charge in [0.25, 0.3) is 0 Å². The van der Waals surface area contributed by atoms with Crippen LogP contribution >= 0.6 is 11.6 Å². The van der Waals surface area contributed by atoms with Crippen LogP contribution in [-0.2, 0) is 11.2 Å². The van der Waals surface area contributed by atoms with Gasteiger partial charge in [0.2, 0.25) is 0 Å². The molecule has 0 unspecified atom stereocenters. The van der Waals surface area contributed by atoms with Crippen LogP contribution in [0.15, 0.2) is 18.3 Å². The Morgan fingerprint density at radius 1 is 1.32 bits per heavy atom. The summed E-state index contributed by atoms with van der Waals surface area (Å²) in [6.07, 6.45) is 5.48. The molecule has 2 heterocycles. The normalized spacial score (nSPS) is 11.9. The zero-order valence-electron chi connectivity index (χ0n) is 13.6. The Morgan fingerprint density at radius 3 is 2.68 bits per heavy atom. The Hall–Kier alpha value is -1.55. The van der Waals surface area contributed by atoms with E-state index >= 15 is 0 Å². The van der Waals surface area contributed by atoms with Crippen LogP contribution in [-0.4, -0.2) is 21.2 Å². The molecule has 0 fully saturated rings. The first-order valence-electron chi connectivity index (χ1n) is 7.71. The molecule has 2 aromatic rings. The Balaban J connectivity index is 2.44. The molecule has 0 radical (unpaired) electrons. The van der Waals surface area contributed by atoms with Crippen molar-refractivity contribution in [2.75, 3.05) is 0 Å². The van der Waals surface area contributed by atoms with Crippen molar-refractivity contribution >= 4 is 28.6 Å². The van der Waals surface area contributed by atoms with Gasteiger partial charge in [0.15, 0.2) is 0 Å². The van der Waals surface area contributed by atoms with Crippen molar-refractivity contribution in [1.82, 2.24) is 9.55 Å². The van der Waals surface area contributed by atoms with Gasteiger partial charge in [-0.2, -0.15) is 0 Å². The molecule has 0 spiro atoms. The number of hydrogen-bond donors (Lipinski definition) is 0. The lowest BCUT2D eigenvalue weighted by Gasteiger charge is -2.21. The zero-order valence-corrected chi connectivity index (χ0v) is 14.4. The van der Waals surface area contributed by atoms with Crippen LogP contribution in [0.3, 0.4) is 0 Å². The summed E-state index contributed by atoms with van der Waals surface area (Å²) in [5.74, 6) is 0. The Bertz CT molecular complexity index is 671. The predicted molar refractivity (Wildman–Crippen MR) is 89.6 cm³/mol. The first-order chi connectivity index (χ1) is 10.3. The second-order valence-corrected chi connectivity index (χ2v) is 6.86. The lowest BCUT2D eigenvalue weighted by Crippen LogP contribution is -2.28. The van der Waals surface area contributed by atoms with Crippen molar-refractivity contribution in [3.05, 3.63) is 29.2 Å². The Morgan fingerprint density at radius 2 is 2.05 bits per heavy atom. The highest BCUT2D eigenvalue weighted by Gasteiger charge is 2.22. The number of carbonyl (C=O) groups excluding carboxylic acids is 1. The summed E-state index contributed by atoms with van der Waals surface area (Å²) in [6, 6.07) is 3.71. The SMILES string of the molecule is CCCCCc1cc2cnc(Cl)cc2n1C(=O)OC(C)(C)C. The van der Waals surface area contributed by atoms with Gasteiger partial charge in [-0.3, -0.25) is 0 Å². The number of ether oxygens (including phenoxy) is 1. The topological polar surface area (TPSA) is 44.1 Å². The van der Waals surface area contributed by atoms with E-state index in [0.717, 1.165) is 42.3 Å². The summed E-state index contributed by atoms with van der Waals surface area (Å²) in [6.45, 7) is 7.75. The third-order valence-electron chi connectivity index (χ3n) is 3.34. The third-order valence-corrected chi connectivity index (χ3v) is 3.55. The number of nitrogens with zero attached hydrogens (tertiary/aromatic N) is 2. The number of unbranched alkanes of at least 4 members (excludes halogenated alkanes) is 2. The second-order valence-electron chi connectivity index (χ2n) is 6.47. The molecule has 0 aliphatic carbocycles. The number of carbonyl (C=O) groups is 1. The molecular formula is C17H23ClN2O2. The van der Waals surface area contributed by atoms with Crippen molar-refractivity contribution in [2.45, 2.75) is 59.0 Å². The van der Waals surface area contributed by atoms with Gasteiger partial charge in [-0.25, -0.2) is 14.3 Å². The van der Waals surface area contributed by atoms with Crippen LogP contribution in [0.5, 0.6) is 0 Å². The molecule has 4 nitrogen and oxygen atoms in total. The van der Waals surface area contributed by atoms with Gasteiger partial charge in [-0.05, 0) is 39.7 Å². The molecule has 22 heavy (non-hydrogen) atoms. The van der Waals surface area contributed by atoms with E-state index in [1.807, 2.05) is 26.8 Å². The fourth-order valence-corrected chi connectivity index (χ4v) is 2.55. The van der Waals surface area contributed by atoms with Crippen LogP contribution in [0, 0.1) is 0 Å². The highest BCUT2D eigenvalue weighted by atomic mass is 35.5. The van der Waals surface area contributed by atoms with Crippen LogP contribution in [0.4, 0.5) is 4.79 Å². The van der Waals surface area contributed by atoms with Crippen molar-refractivity contribution in [1.29, 1.82) is 0 Å². The summed E-state index contributed by atoms with van der Waals surface area (Å²) in [7, 11) is 0. The van der Waals surface area contributed by atoms with E-state index in [-0.39, 0.29) is 6.09 Å². The highest BCUT2D eigenvalue weighted by Crippen LogP contribution is 2.24. The van der Waals surface area contributed by atoms with Crippen LogP contribution in [0.1, 0.15) is 52.7 Å². The zero-order chi connectivity index (χ0) is 16.3. The minimum absolute atomic E-state index is 0.365. The molecule has 0 aliphatic heterocycles. The summed E-state index contributed by atoms with van der Waals surface area (Å²) >= 11 is 5.99. The molecule has 0 saturated heterocycles. The monoisotopic (exact) mass is 322 g/mol. The van der Waals surface area contributed by atoms with Crippen LogP contribution < -0.4 is 0 Å². The second kappa shape index (κ2) is 6.69. The molecule has 0 aromatic carbocycles. The van der Waals surface area contributed by atoms with E-state index in [2.05, 4.69) is 11.9 Å². The molecule has 0 N–H and O–H groups in total. The molecule has 2 aromatic heterocycles. The minimum atomic E-state index is -0.537. The van der Waals surface area contributed by atoms with E-state index in [1.165, 1.54) is 0 Å². The number of aryl methyl sites for hydroxylation is 1. The molecule has 2 rings (SSSR count). The third kappa shape index (κ3) is 4.01. The standard InChI is InChI=1S/C17H23ClN2O2/c1-5-6-7-8-13-9-12-11-19-15(18)10-14(12)20(13)16(21)22-17(2,3)4/h9-11H,5-8H2,1-4H3. The first-order valence-corrected chi connectivity index (χ1v) is 8.09. The van der Waals surface area contributed by atoms with Gasteiger partial charge in [0.05, 0.1) is 5.52 Å². The van der Waals surface area contributed by atoms with Crippen molar-refractivity contribution in [2.24, 2.45) is 0 Å². The number of hydrogen-bond acceptors (Lipinski definition) is 3. The molecule has 0 bridgehead atoms. The molecule has 0 amide bonds. The first kappa shape index (κ1) is 16.8. The van der Waals surface area contributed by atoms with Gasteiger partial charge in [0, 0.05) is 23.3 Å². The maximum absolute atomic E-state index is 12.6. The maximum Gasteiger partial charge on any atom is 0.419 e. The van der Waals surface area contributed by atoms with Crippen molar-refractivity contribution in [3.63, 3.8) is 0 Å². The minimum Gasteiger partial charge on any atom is -0.443 e. The molecular weight excluding hydrogens is 300 g/mol. The number of pyridine rings is 1. The van der Waals surface area contributed by atoms with Crippen molar-refractivity contribution in [3.8, 4) is 0 Å². The average Bonchev–Trinajstić information content (AvgIpc) is 2.74. The van der Waals surface area contributed by atoms with Crippen molar-refractivity contribution < 1.29 is 9.53 Å². The van der Waals surface area contributed by atoms with Crippen LogP contribution in [0.25, 0.3) is 10.9 Å².